The van der Waals surface area contributed by atoms with Crippen molar-refractivity contribution < 1.29 is 19.2 Å². The van der Waals surface area contributed by atoms with E-state index in [4.69, 9.17) is 0 Å². The van der Waals surface area contributed by atoms with Gasteiger partial charge in [-0.15, -0.1) is 0 Å². The van der Waals surface area contributed by atoms with Crippen molar-refractivity contribution in [3.8, 4) is 0 Å². The summed E-state index contributed by atoms with van der Waals surface area (Å²) in [4.78, 5) is 48.7. The first kappa shape index (κ1) is 20.1. The van der Waals surface area contributed by atoms with Crippen molar-refractivity contribution in [3.05, 3.63) is 54.1 Å². The molecular formula is C21H22N4O4. The Morgan fingerprint density at radius 3 is 2.10 bits per heavy atom. The van der Waals surface area contributed by atoms with E-state index in [2.05, 4.69) is 16.0 Å². The molecule has 3 N–H and O–H groups in total. The number of amides is 4. The number of nitrogens with zero attached hydrogens (tertiary/aromatic N) is 1. The average Bonchev–Trinajstić information content (AvgIpc) is 3.13. The number of rotatable bonds is 6. The third kappa shape index (κ3) is 5.41. The molecule has 0 atom stereocenters. The van der Waals surface area contributed by atoms with Gasteiger partial charge >= 0.3 is 0 Å². The fourth-order valence-corrected chi connectivity index (χ4v) is 3.02. The van der Waals surface area contributed by atoms with Gasteiger partial charge in [0.2, 0.25) is 17.7 Å². The van der Waals surface area contributed by atoms with E-state index in [1.807, 2.05) is 0 Å². The maximum absolute atomic E-state index is 12.2. The van der Waals surface area contributed by atoms with Crippen molar-refractivity contribution >= 4 is 40.7 Å². The molecule has 0 aliphatic carbocycles. The Kier molecular flexibility index (Phi) is 6.23. The van der Waals surface area contributed by atoms with Gasteiger partial charge in [0.15, 0.2) is 0 Å². The van der Waals surface area contributed by atoms with Gasteiger partial charge in [-0.3, -0.25) is 19.2 Å². The first-order valence-corrected chi connectivity index (χ1v) is 9.28. The van der Waals surface area contributed by atoms with E-state index in [-0.39, 0.29) is 30.2 Å². The molecule has 0 aromatic heterocycles. The lowest BCUT2D eigenvalue weighted by Crippen LogP contribution is -2.32. The molecule has 0 spiro atoms. The minimum absolute atomic E-state index is 0.0870. The third-order valence-corrected chi connectivity index (χ3v) is 4.41. The molecule has 2 aromatic rings. The van der Waals surface area contributed by atoms with Gasteiger partial charge in [-0.1, -0.05) is 0 Å². The zero-order valence-electron chi connectivity index (χ0n) is 16.0. The molecule has 1 aliphatic heterocycles. The molecule has 0 bridgehead atoms. The highest BCUT2D eigenvalue weighted by Crippen LogP contribution is 2.21. The zero-order chi connectivity index (χ0) is 20.8. The lowest BCUT2D eigenvalue weighted by atomic mass is 10.2. The molecule has 3 rings (SSSR count). The second-order valence-electron chi connectivity index (χ2n) is 6.69. The zero-order valence-corrected chi connectivity index (χ0v) is 16.0. The summed E-state index contributed by atoms with van der Waals surface area (Å²) < 4.78 is 0. The molecule has 29 heavy (non-hydrogen) atoms. The van der Waals surface area contributed by atoms with Crippen LogP contribution in [0.4, 0.5) is 17.1 Å². The molecule has 2 aromatic carbocycles. The molecule has 8 heteroatoms. The Bertz CT molecular complexity index is 923. The Morgan fingerprint density at radius 1 is 0.931 bits per heavy atom. The Balaban J connectivity index is 1.49. The summed E-state index contributed by atoms with van der Waals surface area (Å²) in [6.07, 6.45) is 1.39. The summed E-state index contributed by atoms with van der Waals surface area (Å²) in [6.45, 7) is 1.92. The highest BCUT2D eigenvalue weighted by molar-refractivity contribution is 6.00. The van der Waals surface area contributed by atoms with Crippen LogP contribution in [0.5, 0.6) is 0 Å². The molecular weight excluding hydrogens is 372 g/mol. The Hall–Kier alpha value is -3.68. The first-order valence-electron chi connectivity index (χ1n) is 9.28. The van der Waals surface area contributed by atoms with Gasteiger partial charge in [-0.25, -0.2) is 0 Å². The monoisotopic (exact) mass is 394 g/mol. The normalized spacial score (nSPS) is 13.1. The van der Waals surface area contributed by atoms with Crippen LogP contribution in [0.1, 0.15) is 30.1 Å². The van der Waals surface area contributed by atoms with Crippen LogP contribution in [-0.2, 0) is 14.4 Å². The van der Waals surface area contributed by atoms with E-state index in [1.54, 1.807) is 53.4 Å². The fourth-order valence-electron chi connectivity index (χ4n) is 3.02. The predicted molar refractivity (Wildman–Crippen MR) is 110 cm³/mol. The van der Waals surface area contributed by atoms with E-state index in [1.165, 1.54) is 6.92 Å². The summed E-state index contributed by atoms with van der Waals surface area (Å²) in [5, 5.41) is 7.87. The van der Waals surface area contributed by atoms with Crippen molar-refractivity contribution in [2.24, 2.45) is 0 Å². The lowest BCUT2D eigenvalue weighted by molar-refractivity contribution is -0.117. The van der Waals surface area contributed by atoms with E-state index < -0.39 is 0 Å². The highest BCUT2D eigenvalue weighted by atomic mass is 16.2. The van der Waals surface area contributed by atoms with Crippen LogP contribution in [0.2, 0.25) is 0 Å². The van der Waals surface area contributed by atoms with Crippen LogP contribution >= 0.6 is 0 Å². The maximum atomic E-state index is 12.2. The summed E-state index contributed by atoms with van der Waals surface area (Å²) in [7, 11) is 0. The van der Waals surface area contributed by atoms with E-state index in [9.17, 15) is 19.2 Å². The number of hydrogen-bond donors (Lipinski definition) is 3. The molecule has 1 fully saturated rings. The molecule has 0 unspecified atom stereocenters. The molecule has 0 radical (unpaired) electrons. The van der Waals surface area contributed by atoms with Crippen LogP contribution in [0.25, 0.3) is 0 Å². The van der Waals surface area contributed by atoms with Gasteiger partial charge in [0.1, 0.15) is 0 Å². The maximum Gasteiger partial charge on any atom is 0.251 e. The van der Waals surface area contributed by atoms with Crippen LogP contribution in [0.15, 0.2) is 48.5 Å². The highest BCUT2D eigenvalue weighted by Gasteiger charge is 2.21. The standard InChI is InChI=1S/C21H22N4O4/c1-14(26)23-16-6-8-17(9-7-16)24-19(27)13-22-21(29)15-4-10-18(11-5-15)25-12-2-3-20(25)28/h4-11H,2-3,12-13H2,1H3,(H,22,29)(H,23,26)(H,24,27). The number of carbonyl (C=O) groups excluding carboxylic acids is 4. The van der Waals surface area contributed by atoms with E-state index >= 15 is 0 Å². The number of anilines is 3. The van der Waals surface area contributed by atoms with E-state index in [0.29, 0.717) is 29.9 Å². The minimum atomic E-state index is -0.375. The van der Waals surface area contributed by atoms with E-state index in [0.717, 1.165) is 12.1 Å². The second-order valence-corrected chi connectivity index (χ2v) is 6.69. The molecule has 1 aliphatic rings. The summed E-state index contributed by atoms with van der Waals surface area (Å²) >= 11 is 0. The Labute approximate surface area is 168 Å². The second kappa shape index (κ2) is 9.01. The predicted octanol–water partition coefficient (Wildman–Crippen LogP) is 2.14. The van der Waals surface area contributed by atoms with Gasteiger partial charge in [0.25, 0.3) is 5.91 Å². The van der Waals surface area contributed by atoms with Gasteiger partial charge < -0.3 is 20.9 Å². The van der Waals surface area contributed by atoms with Gasteiger partial charge in [-0.05, 0) is 55.0 Å². The van der Waals surface area contributed by atoms with Crippen molar-refractivity contribution in [1.29, 1.82) is 0 Å². The fraction of sp³-hybridized carbons (Fsp3) is 0.238. The molecule has 1 heterocycles. The van der Waals surface area contributed by atoms with Gasteiger partial charge in [0.05, 0.1) is 6.54 Å². The Morgan fingerprint density at radius 2 is 1.55 bits per heavy atom. The quantitative estimate of drug-likeness (QED) is 0.698. The number of hydrogen-bond acceptors (Lipinski definition) is 4. The first-order chi connectivity index (χ1) is 13.9. The molecule has 8 nitrogen and oxygen atoms in total. The smallest absolute Gasteiger partial charge is 0.251 e. The number of nitrogens with one attached hydrogen (secondary N) is 3. The summed E-state index contributed by atoms with van der Waals surface area (Å²) in [6, 6.07) is 13.4. The van der Waals surface area contributed by atoms with Crippen molar-refractivity contribution in [1.82, 2.24) is 5.32 Å². The largest absolute Gasteiger partial charge is 0.343 e. The van der Waals surface area contributed by atoms with Crippen LogP contribution < -0.4 is 20.9 Å². The van der Waals surface area contributed by atoms with Crippen molar-refractivity contribution in [2.75, 3.05) is 28.6 Å². The van der Waals surface area contributed by atoms with Crippen molar-refractivity contribution in [3.63, 3.8) is 0 Å². The SMILES string of the molecule is CC(=O)Nc1ccc(NC(=O)CNC(=O)c2ccc(N3CCCC3=O)cc2)cc1. The lowest BCUT2D eigenvalue weighted by Gasteiger charge is -2.15. The van der Waals surface area contributed by atoms with Crippen LogP contribution in [0.3, 0.4) is 0 Å². The molecule has 0 saturated carbocycles. The van der Waals surface area contributed by atoms with Crippen LogP contribution in [0, 0.1) is 0 Å². The van der Waals surface area contributed by atoms with Crippen LogP contribution in [-0.4, -0.2) is 36.7 Å². The average molecular weight is 394 g/mol. The molecule has 150 valence electrons. The number of carbonyl (C=O) groups is 4. The minimum Gasteiger partial charge on any atom is -0.343 e. The van der Waals surface area contributed by atoms with Crippen molar-refractivity contribution in [2.45, 2.75) is 19.8 Å². The molecule has 4 amide bonds. The van der Waals surface area contributed by atoms with Gasteiger partial charge in [-0.2, -0.15) is 0 Å². The molecule has 1 saturated heterocycles. The summed E-state index contributed by atoms with van der Waals surface area (Å²) in [5.74, 6) is -0.834. The number of benzene rings is 2. The summed E-state index contributed by atoms with van der Waals surface area (Å²) in [5.41, 5.74) is 2.36. The third-order valence-electron chi connectivity index (χ3n) is 4.41. The van der Waals surface area contributed by atoms with Gasteiger partial charge in [0, 0.05) is 42.5 Å². The topological polar surface area (TPSA) is 108 Å².